The Kier molecular flexibility index (Phi) is 5.31. The number of hydrogen-bond acceptors (Lipinski definition) is 2. The minimum Gasteiger partial charge on any atom is -0.312 e. The third-order valence-corrected chi connectivity index (χ3v) is 5.39. The maximum Gasteiger partial charge on any atom is 0.0560 e. The van der Waals surface area contributed by atoms with Crippen molar-refractivity contribution in [3.63, 3.8) is 0 Å². The molecule has 1 N–H and O–H groups in total. The van der Waals surface area contributed by atoms with Gasteiger partial charge in [0.15, 0.2) is 0 Å². The average molecular weight is 338 g/mol. The summed E-state index contributed by atoms with van der Waals surface area (Å²) in [5, 5.41) is 3.23. The number of rotatable bonds is 5. The molecule has 0 radical (unpaired) electrons. The van der Waals surface area contributed by atoms with Crippen molar-refractivity contribution in [1.29, 1.82) is 0 Å². The molecule has 0 saturated heterocycles. The van der Waals surface area contributed by atoms with Crippen molar-refractivity contribution in [1.82, 2.24) is 5.32 Å². The Hall–Kier alpha value is -0.970. The molecule has 0 amide bonds. The van der Waals surface area contributed by atoms with Crippen LogP contribution in [0, 0.1) is 0 Å². The normalized spacial score (nSPS) is 14.0. The Morgan fingerprint density at radius 1 is 1.11 bits per heavy atom. The van der Waals surface area contributed by atoms with Crippen LogP contribution in [0.1, 0.15) is 11.6 Å². The van der Waals surface area contributed by atoms with E-state index in [4.69, 9.17) is 0 Å². The molecular weight excluding hydrogens is 322 g/mol. The highest BCUT2D eigenvalue weighted by atomic mass is 79.9. The first-order chi connectivity index (χ1) is 9.22. The molecule has 0 spiro atoms. The van der Waals surface area contributed by atoms with Crippen LogP contribution in [0.3, 0.4) is 0 Å². The molecule has 0 aliphatic rings. The maximum absolute atomic E-state index is 12.4. The van der Waals surface area contributed by atoms with Crippen molar-refractivity contribution < 1.29 is 4.21 Å². The topological polar surface area (TPSA) is 29.1 Å². The van der Waals surface area contributed by atoms with Gasteiger partial charge >= 0.3 is 0 Å². The lowest BCUT2D eigenvalue weighted by Crippen LogP contribution is -2.22. The van der Waals surface area contributed by atoms with Gasteiger partial charge in [-0.05, 0) is 40.7 Å². The van der Waals surface area contributed by atoms with E-state index >= 15 is 0 Å². The third kappa shape index (κ3) is 3.75. The quantitative estimate of drug-likeness (QED) is 0.904. The lowest BCUT2D eigenvalue weighted by Gasteiger charge is -2.16. The van der Waals surface area contributed by atoms with Gasteiger partial charge in [0.1, 0.15) is 0 Å². The fraction of sp³-hybridized carbons (Fsp3) is 0.200. The van der Waals surface area contributed by atoms with Crippen LogP contribution in [0.4, 0.5) is 0 Å². The van der Waals surface area contributed by atoms with Crippen molar-refractivity contribution in [2.24, 2.45) is 0 Å². The van der Waals surface area contributed by atoms with E-state index in [0.29, 0.717) is 5.75 Å². The van der Waals surface area contributed by atoms with Gasteiger partial charge < -0.3 is 5.32 Å². The maximum atomic E-state index is 12.4. The summed E-state index contributed by atoms with van der Waals surface area (Å²) in [6.07, 6.45) is 0. The second-order valence-corrected chi connectivity index (χ2v) is 6.51. The summed E-state index contributed by atoms with van der Waals surface area (Å²) in [4.78, 5) is 0.846. The van der Waals surface area contributed by atoms with Crippen molar-refractivity contribution in [3.8, 4) is 0 Å². The van der Waals surface area contributed by atoms with Crippen molar-refractivity contribution in [2.45, 2.75) is 10.9 Å². The number of halogens is 1. The van der Waals surface area contributed by atoms with E-state index < -0.39 is 10.8 Å². The fourth-order valence-electron chi connectivity index (χ4n) is 1.90. The minimum atomic E-state index is -1.03. The van der Waals surface area contributed by atoms with Crippen molar-refractivity contribution in [2.75, 3.05) is 12.8 Å². The largest absolute Gasteiger partial charge is 0.312 e. The van der Waals surface area contributed by atoms with E-state index in [1.54, 1.807) is 0 Å². The van der Waals surface area contributed by atoms with Crippen LogP contribution in [-0.2, 0) is 10.8 Å². The summed E-state index contributed by atoms with van der Waals surface area (Å²) in [5.74, 6) is 0.559. The highest BCUT2D eigenvalue weighted by Crippen LogP contribution is 2.23. The Bertz CT molecular complexity index is 559. The molecule has 0 aromatic heterocycles. The van der Waals surface area contributed by atoms with Gasteiger partial charge in [0.05, 0.1) is 15.7 Å². The molecule has 0 aliphatic carbocycles. The van der Waals surface area contributed by atoms with Crippen LogP contribution in [0.25, 0.3) is 0 Å². The van der Waals surface area contributed by atoms with Gasteiger partial charge in [0.2, 0.25) is 0 Å². The van der Waals surface area contributed by atoms with Crippen LogP contribution in [0.5, 0.6) is 0 Å². The smallest absolute Gasteiger partial charge is 0.0560 e. The van der Waals surface area contributed by atoms with Crippen molar-refractivity contribution in [3.05, 3.63) is 64.6 Å². The van der Waals surface area contributed by atoms with Crippen molar-refractivity contribution >= 4 is 26.7 Å². The van der Waals surface area contributed by atoms with Crippen LogP contribution in [-0.4, -0.2) is 17.0 Å². The van der Waals surface area contributed by atoms with E-state index in [1.807, 2.05) is 49.5 Å². The molecule has 2 nitrogen and oxygen atoms in total. The zero-order valence-corrected chi connectivity index (χ0v) is 13.1. The first kappa shape index (κ1) is 14.4. The molecule has 0 aliphatic heterocycles. The number of nitrogens with one attached hydrogen (secondary N) is 1. The van der Waals surface area contributed by atoms with Crippen LogP contribution >= 0.6 is 15.9 Å². The van der Waals surface area contributed by atoms with E-state index in [9.17, 15) is 4.21 Å². The molecule has 0 saturated carbocycles. The Morgan fingerprint density at radius 2 is 1.74 bits per heavy atom. The van der Waals surface area contributed by atoms with Gasteiger partial charge in [-0.1, -0.05) is 42.5 Å². The molecule has 2 aromatic rings. The zero-order valence-electron chi connectivity index (χ0n) is 10.7. The van der Waals surface area contributed by atoms with Crippen LogP contribution < -0.4 is 5.32 Å². The van der Waals surface area contributed by atoms with Gasteiger partial charge in [0, 0.05) is 16.3 Å². The Labute approximate surface area is 124 Å². The van der Waals surface area contributed by atoms with Gasteiger partial charge in [-0.2, -0.15) is 0 Å². The number of hydrogen-bond donors (Lipinski definition) is 1. The fourth-order valence-corrected chi connectivity index (χ4v) is 4.09. The molecule has 2 unspecified atom stereocenters. The first-order valence-corrected chi connectivity index (χ1v) is 8.18. The average Bonchev–Trinajstić information content (AvgIpc) is 2.46. The molecule has 0 bridgehead atoms. The SMILES string of the molecule is CNC(CS(=O)c1ccccc1Br)c1ccccc1. The van der Waals surface area contributed by atoms with Gasteiger partial charge in [-0.3, -0.25) is 4.21 Å². The second kappa shape index (κ2) is 6.98. The van der Waals surface area contributed by atoms with Crippen LogP contribution in [0.2, 0.25) is 0 Å². The van der Waals surface area contributed by atoms with E-state index in [1.165, 1.54) is 0 Å². The molecule has 2 rings (SSSR count). The summed E-state index contributed by atoms with van der Waals surface area (Å²) < 4.78 is 13.3. The Balaban J connectivity index is 2.16. The Morgan fingerprint density at radius 3 is 2.37 bits per heavy atom. The highest BCUT2D eigenvalue weighted by Gasteiger charge is 2.15. The first-order valence-electron chi connectivity index (χ1n) is 6.07. The molecule has 19 heavy (non-hydrogen) atoms. The molecule has 0 heterocycles. The summed E-state index contributed by atoms with van der Waals surface area (Å²) in [6, 6.07) is 17.9. The predicted molar refractivity (Wildman–Crippen MR) is 83.7 cm³/mol. The van der Waals surface area contributed by atoms with E-state index in [0.717, 1.165) is 14.9 Å². The van der Waals surface area contributed by atoms with Gasteiger partial charge in [-0.15, -0.1) is 0 Å². The number of benzene rings is 2. The molecule has 4 heteroatoms. The highest BCUT2D eigenvalue weighted by molar-refractivity contribution is 9.10. The summed E-state index contributed by atoms with van der Waals surface area (Å²) >= 11 is 3.45. The summed E-state index contributed by atoms with van der Waals surface area (Å²) in [6.45, 7) is 0. The van der Waals surface area contributed by atoms with Gasteiger partial charge in [0.25, 0.3) is 0 Å². The standard InChI is InChI=1S/C15H16BrNOS/c1-17-14(12-7-3-2-4-8-12)11-19(18)15-10-6-5-9-13(15)16/h2-10,14,17H,11H2,1H3. The lowest BCUT2D eigenvalue weighted by atomic mass is 10.1. The molecule has 0 fully saturated rings. The summed E-state index contributed by atoms with van der Waals surface area (Å²) in [7, 11) is 0.863. The second-order valence-electron chi connectivity index (χ2n) is 4.19. The summed E-state index contributed by atoms with van der Waals surface area (Å²) in [5.41, 5.74) is 1.16. The van der Waals surface area contributed by atoms with E-state index in [-0.39, 0.29) is 6.04 Å². The predicted octanol–water partition coefficient (Wildman–Crippen LogP) is 3.52. The molecule has 2 atom stereocenters. The van der Waals surface area contributed by atoms with Crippen LogP contribution in [0.15, 0.2) is 64.0 Å². The lowest BCUT2D eigenvalue weighted by molar-refractivity contribution is 0.635. The molecular formula is C15H16BrNOS. The molecule has 2 aromatic carbocycles. The van der Waals surface area contributed by atoms with E-state index in [2.05, 4.69) is 33.4 Å². The molecule has 100 valence electrons. The monoisotopic (exact) mass is 337 g/mol. The van der Waals surface area contributed by atoms with Gasteiger partial charge in [-0.25, -0.2) is 0 Å². The third-order valence-electron chi connectivity index (χ3n) is 2.95. The zero-order chi connectivity index (χ0) is 13.7. The minimum absolute atomic E-state index is 0.0918.